The molecule has 1 amide bonds. The number of rotatable bonds is 7. The van der Waals surface area contributed by atoms with Gasteiger partial charge in [0.1, 0.15) is 11.5 Å². The molecule has 0 saturated carbocycles. The molecule has 30 heavy (non-hydrogen) atoms. The summed E-state index contributed by atoms with van der Waals surface area (Å²) in [7, 11) is -2.58. The normalized spacial score (nSPS) is 11.4. The highest BCUT2D eigenvalue weighted by atomic mass is 35.5. The van der Waals surface area contributed by atoms with Crippen molar-refractivity contribution in [3.05, 3.63) is 76.7 Å². The lowest BCUT2D eigenvalue weighted by molar-refractivity contribution is -0.111. The molecule has 2 N–H and O–H groups in total. The number of nitrogens with one attached hydrogen (secondary N) is 2. The quantitative estimate of drug-likeness (QED) is 0.474. The maximum Gasteiger partial charge on any atom is 0.262 e. The molecule has 10 heteroatoms. The molecule has 7 nitrogen and oxygen atoms in total. The lowest BCUT2D eigenvalue weighted by Crippen LogP contribution is -2.14. The fourth-order valence-corrected chi connectivity index (χ4v) is 3.89. The van der Waals surface area contributed by atoms with Gasteiger partial charge in [-0.3, -0.25) is 9.52 Å². The first-order valence-electron chi connectivity index (χ1n) is 8.47. The Kier molecular flexibility index (Phi) is 6.71. The van der Waals surface area contributed by atoms with Gasteiger partial charge < -0.3 is 14.5 Å². The summed E-state index contributed by atoms with van der Waals surface area (Å²) in [6.07, 6.45) is 4.29. The van der Waals surface area contributed by atoms with Gasteiger partial charge in [0.05, 0.1) is 34.0 Å². The average molecular weight is 467 g/mol. The second-order valence-corrected chi connectivity index (χ2v) is 8.43. The van der Waals surface area contributed by atoms with E-state index in [0.29, 0.717) is 11.4 Å². The van der Waals surface area contributed by atoms with E-state index in [1.54, 1.807) is 18.2 Å². The Labute approximate surface area is 183 Å². The monoisotopic (exact) mass is 466 g/mol. The van der Waals surface area contributed by atoms with Gasteiger partial charge in [-0.1, -0.05) is 23.2 Å². The van der Waals surface area contributed by atoms with E-state index in [-0.39, 0.29) is 26.4 Å². The molecule has 0 radical (unpaired) electrons. The largest absolute Gasteiger partial charge is 0.495 e. The molecular weight excluding hydrogens is 451 g/mol. The topological polar surface area (TPSA) is 97.6 Å². The smallest absolute Gasteiger partial charge is 0.262 e. The lowest BCUT2D eigenvalue weighted by Gasteiger charge is -2.14. The Balaban J connectivity index is 1.82. The van der Waals surface area contributed by atoms with Gasteiger partial charge in [-0.2, -0.15) is 0 Å². The van der Waals surface area contributed by atoms with Crippen LogP contribution in [0.25, 0.3) is 6.08 Å². The minimum absolute atomic E-state index is 0.0743. The van der Waals surface area contributed by atoms with Gasteiger partial charge in [-0.15, -0.1) is 0 Å². The van der Waals surface area contributed by atoms with E-state index < -0.39 is 15.9 Å². The van der Waals surface area contributed by atoms with E-state index in [0.717, 1.165) is 0 Å². The zero-order chi connectivity index (χ0) is 21.7. The molecule has 0 unspecified atom stereocenters. The van der Waals surface area contributed by atoms with Crippen LogP contribution in [0.1, 0.15) is 5.76 Å². The molecule has 1 heterocycles. The van der Waals surface area contributed by atoms with Crippen LogP contribution in [0.3, 0.4) is 0 Å². The number of benzene rings is 2. The van der Waals surface area contributed by atoms with E-state index in [1.807, 2.05) is 0 Å². The summed E-state index contributed by atoms with van der Waals surface area (Å²) in [6, 6.07) is 11.9. The minimum atomic E-state index is -3.98. The van der Waals surface area contributed by atoms with Crippen LogP contribution in [-0.2, 0) is 14.8 Å². The standard InChI is InChI=1S/C20H16Cl2N2O5S/c1-28-19-8-4-13(23-20(25)9-5-14-3-2-10-29-14)11-18(19)24-30(26,27)15-6-7-16(21)17(22)12-15/h2-12,24H,1H3,(H,23,25)/b9-5+. The van der Waals surface area contributed by atoms with Crippen molar-refractivity contribution in [3.63, 3.8) is 0 Å². The third-order valence-corrected chi connectivity index (χ3v) is 5.96. The predicted octanol–water partition coefficient (Wildman–Crippen LogP) is 5.05. The Morgan fingerprint density at radius 1 is 1.10 bits per heavy atom. The first kappa shape index (κ1) is 21.8. The van der Waals surface area contributed by atoms with Gasteiger partial charge in [0, 0.05) is 11.8 Å². The predicted molar refractivity (Wildman–Crippen MR) is 117 cm³/mol. The molecule has 0 spiro atoms. The van der Waals surface area contributed by atoms with Crippen LogP contribution < -0.4 is 14.8 Å². The average Bonchev–Trinajstić information content (AvgIpc) is 3.22. The minimum Gasteiger partial charge on any atom is -0.495 e. The van der Waals surface area contributed by atoms with Crippen LogP contribution in [0.15, 0.2) is 70.2 Å². The number of sulfonamides is 1. The highest BCUT2D eigenvalue weighted by Crippen LogP contribution is 2.31. The number of hydrogen-bond acceptors (Lipinski definition) is 5. The van der Waals surface area contributed by atoms with Crippen LogP contribution in [-0.4, -0.2) is 21.4 Å². The van der Waals surface area contributed by atoms with E-state index in [2.05, 4.69) is 10.0 Å². The summed E-state index contributed by atoms with van der Waals surface area (Å²) >= 11 is 11.8. The van der Waals surface area contributed by atoms with Crippen molar-refractivity contribution < 1.29 is 22.4 Å². The fraction of sp³-hybridized carbons (Fsp3) is 0.0500. The number of ether oxygens (including phenoxy) is 1. The van der Waals surface area contributed by atoms with Gasteiger partial charge in [0.15, 0.2) is 0 Å². The van der Waals surface area contributed by atoms with Gasteiger partial charge in [0.2, 0.25) is 5.91 Å². The molecule has 0 fully saturated rings. The third-order valence-electron chi connectivity index (χ3n) is 3.85. The number of halogens is 2. The van der Waals surface area contributed by atoms with Crippen LogP contribution >= 0.6 is 23.2 Å². The number of carbonyl (C=O) groups excluding carboxylic acids is 1. The highest BCUT2D eigenvalue weighted by molar-refractivity contribution is 7.92. The maximum atomic E-state index is 12.7. The number of amides is 1. The summed E-state index contributed by atoms with van der Waals surface area (Å²) in [6.45, 7) is 0. The van der Waals surface area contributed by atoms with Crippen molar-refractivity contribution in [2.24, 2.45) is 0 Å². The molecule has 2 aromatic carbocycles. The van der Waals surface area contributed by atoms with Crippen molar-refractivity contribution in [2.45, 2.75) is 4.90 Å². The number of methoxy groups -OCH3 is 1. The molecular formula is C20H16Cl2N2O5S. The molecule has 0 aliphatic heterocycles. The van der Waals surface area contributed by atoms with E-state index in [1.165, 1.54) is 55.9 Å². The third kappa shape index (κ3) is 5.35. The molecule has 0 atom stereocenters. The zero-order valence-electron chi connectivity index (χ0n) is 15.6. The Bertz CT molecular complexity index is 1190. The Hall–Kier alpha value is -2.94. The SMILES string of the molecule is COc1ccc(NC(=O)/C=C/c2ccco2)cc1NS(=O)(=O)c1ccc(Cl)c(Cl)c1. The summed E-state index contributed by atoms with van der Waals surface area (Å²) in [5, 5.41) is 2.99. The second-order valence-electron chi connectivity index (χ2n) is 5.93. The van der Waals surface area contributed by atoms with Crippen molar-refractivity contribution in [3.8, 4) is 5.75 Å². The number of hydrogen-bond donors (Lipinski definition) is 2. The maximum absolute atomic E-state index is 12.7. The van der Waals surface area contributed by atoms with Gasteiger partial charge in [-0.05, 0) is 54.6 Å². The van der Waals surface area contributed by atoms with Gasteiger partial charge in [0.25, 0.3) is 10.0 Å². The van der Waals surface area contributed by atoms with Crippen LogP contribution in [0.4, 0.5) is 11.4 Å². The van der Waals surface area contributed by atoms with Crippen molar-refractivity contribution in [1.82, 2.24) is 0 Å². The van der Waals surface area contributed by atoms with E-state index in [4.69, 9.17) is 32.4 Å². The summed E-state index contributed by atoms with van der Waals surface area (Å²) in [5.74, 6) is 0.368. The number of furan rings is 1. The number of carbonyl (C=O) groups is 1. The molecule has 0 aliphatic rings. The molecule has 156 valence electrons. The van der Waals surface area contributed by atoms with Crippen LogP contribution in [0, 0.1) is 0 Å². The van der Waals surface area contributed by atoms with Gasteiger partial charge >= 0.3 is 0 Å². The summed E-state index contributed by atoms with van der Waals surface area (Å²) < 4.78 is 38.2. The molecule has 0 aliphatic carbocycles. The molecule has 1 aromatic heterocycles. The molecule has 0 saturated heterocycles. The summed E-state index contributed by atoms with van der Waals surface area (Å²) in [5.41, 5.74) is 0.494. The van der Waals surface area contributed by atoms with Gasteiger partial charge in [-0.25, -0.2) is 8.42 Å². The van der Waals surface area contributed by atoms with Crippen molar-refractivity contribution in [2.75, 3.05) is 17.1 Å². The fourth-order valence-electron chi connectivity index (χ4n) is 2.44. The van der Waals surface area contributed by atoms with Crippen molar-refractivity contribution >= 4 is 56.6 Å². The van der Waals surface area contributed by atoms with E-state index in [9.17, 15) is 13.2 Å². The van der Waals surface area contributed by atoms with Crippen molar-refractivity contribution in [1.29, 1.82) is 0 Å². The van der Waals surface area contributed by atoms with E-state index >= 15 is 0 Å². The Morgan fingerprint density at radius 2 is 1.90 bits per heavy atom. The first-order valence-corrected chi connectivity index (χ1v) is 10.7. The first-order chi connectivity index (χ1) is 14.3. The Morgan fingerprint density at radius 3 is 2.57 bits per heavy atom. The van der Waals surface area contributed by atoms with Crippen LogP contribution in [0.5, 0.6) is 5.75 Å². The molecule has 0 bridgehead atoms. The summed E-state index contributed by atoms with van der Waals surface area (Å²) in [4.78, 5) is 12.0. The zero-order valence-corrected chi connectivity index (χ0v) is 17.9. The molecule has 3 rings (SSSR count). The number of anilines is 2. The highest BCUT2D eigenvalue weighted by Gasteiger charge is 2.18. The van der Waals surface area contributed by atoms with Crippen LogP contribution in [0.2, 0.25) is 10.0 Å². The lowest BCUT2D eigenvalue weighted by atomic mass is 10.2. The molecule has 3 aromatic rings. The second kappa shape index (κ2) is 9.25.